The summed E-state index contributed by atoms with van der Waals surface area (Å²) in [5, 5.41) is 7.79. The topological polar surface area (TPSA) is 89.3 Å². The molecule has 8 heteroatoms. The first kappa shape index (κ1) is 15.4. The van der Waals surface area contributed by atoms with Crippen LogP contribution in [0.5, 0.6) is 0 Å². The fourth-order valence-corrected chi connectivity index (χ4v) is 2.30. The van der Waals surface area contributed by atoms with Gasteiger partial charge >= 0.3 is 0 Å². The SMILES string of the molecule is NS(=O)(=O)c1cc(F)cc(NC(=O)c2ccc(Cl)cc2)c1. The summed E-state index contributed by atoms with van der Waals surface area (Å²) in [6.45, 7) is 0. The van der Waals surface area contributed by atoms with Gasteiger partial charge in [-0.1, -0.05) is 11.6 Å². The van der Waals surface area contributed by atoms with E-state index in [0.29, 0.717) is 10.6 Å². The summed E-state index contributed by atoms with van der Waals surface area (Å²) >= 11 is 5.71. The number of halogens is 2. The minimum absolute atomic E-state index is 0.0148. The molecule has 2 aromatic carbocycles. The summed E-state index contributed by atoms with van der Waals surface area (Å²) in [7, 11) is -4.06. The lowest BCUT2D eigenvalue weighted by molar-refractivity contribution is 0.102. The summed E-state index contributed by atoms with van der Waals surface area (Å²) in [6, 6.07) is 8.85. The van der Waals surface area contributed by atoms with Crippen LogP contribution < -0.4 is 10.5 Å². The normalized spacial score (nSPS) is 11.2. The first-order valence-electron chi connectivity index (χ1n) is 5.66. The number of rotatable bonds is 3. The molecule has 0 aliphatic heterocycles. The third kappa shape index (κ3) is 4.01. The van der Waals surface area contributed by atoms with E-state index in [9.17, 15) is 17.6 Å². The molecule has 2 rings (SSSR count). The van der Waals surface area contributed by atoms with Crippen molar-refractivity contribution in [3.63, 3.8) is 0 Å². The van der Waals surface area contributed by atoms with E-state index < -0.39 is 26.6 Å². The molecule has 1 amide bonds. The van der Waals surface area contributed by atoms with Crippen LogP contribution in [0.3, 0.4) is 0 Å². The molecule has 0 fully saturated rings. The van der Waals surface area contributed by atoms with E-state index in [2.05, 4.69) is 5.32 Å². The third-order valence-corrected chi connectivity index (χ3v) is 3.71. The molecule has 0 aliphatic carbocycles. The minimum atomic E-state index is -4.06. The second-order valence-electron chi connectivity index (χ2n) is 4.18. The Balaban J connectivity index is 2.29. The van der Waals surface area contributed by atoms with Crippen LogP contribution in [0.2, 0.25) is 5.02 Å². The van der Waals surface area contributed by atoms with Gasteiger partial charge in [0, 0.05) is 16.3 Å². The highest BCUT2D eigenvalue weighted by molar-refractivity contribution is 7.89. The highest BCUT2D eigenvalue weighted by Gasteiger charge is 2.13. The van der Waals surface area contributed by atoms with Gasteiger partial charge in [-0.3, -0.25) is 4.79 Å². The van der Waals surface area contributed by atoms with Crippen LogP contribution in [-0.4, -0.2) is 14.3 Å². The van der Waals surface area contributed by atoms with Crippen molar-refractivity contribution >= 4 is 33.2 Å². The average Bonchev–Trinajstić information content (AvgIpc) is 2.37. The number of sulfonamides is 1. The van der Waals surface area contributed by atoms with E-state index in [1.807, 2.05) is 0 Å². The zero-order valence-corrected chi connectivity index (χ0v) is 12.1. The Morgan fingerprint density at radius 2 is 1.76 bits per heavy atom. The van der Waals surface area contributed by atoms with E-state index >= 15 is 0 Å². The van der Waals surface area contributed by atoms with Gasteiger partial charge in [0.15, 0.2) is 0 Å². The number of anilines is 1. The van der Waals surface area contributed by atoms with E-state index in [-0.39, 0.29) is 5.69 Å². The van der Waals surface area contributed by atoms with Crippen molar-refractivity contribution in [2.24, 2.45) is 5.14 Å². The van der Waals surface area contributed by atoms with E-state index in [4.69, 9.17) is 16.7 Å². The molecule has 5 nitrogen and oxygen atoms in total. The van der Waals surface area contributed by atoms with Crippen molar-refractivity contribution in [3.8, 4) is 0 Å². The zero-order valence-electron chi connectivity index (χ0n) is 10.5. The van der Waals surface area contributed by atoms with Gasteiger partial charge in [0.1, 0.15) is 5.82 Å². The van der Waals surface area contributed by atoms with Crippen molar-refractivity contribution in [2.75, 3.05) is 5.32 Å². The Hall–Kier alpha value is -1.96. The maximum absolute atomic E-state index is 13.4. The van der Waals surface area contributed by atoms with Crippen LogP contribution in [-0.2, 0) is 10.0 Å². The van der Waals surface area contributed by atoms with Crippen molar-refractivity contribution in [1.29, 1.82) is 0 Å². The highest BCUT2D eigenvalue weighted by Crippen LogP contribution is 2.18. The maximum Gasteiger partial charge on any atom is 0.255 e. The van der Waals surface area contributed by atoms with Crippen molar-refractivity contribution < 1.29 is 17.6 Å². The predicted octanol–water partition coefficient (Wildman–Crippen LogP) is 2.38. The molecular formula is C13H10ClFN2O3S. The van der Waals surface area contributed by atoms with Crippen LogP contribution in [0.1, 0.15) is 10.4 Å². The van der Waals surface area contributed by atoms with Gasteiger partial charge < -0.3 is 5.32 Å². The average molecular weight is 329 g/mol. The van der Waals surface area contributed by atoms with Crippen LogP contribution >= 0.6 is 11.6 Å². The Morgan fingerprint density at radius 1 is 1.14 bits per heavy atom. The quantitative estimate of drug-likeness (QED) is 0.906. The molecule has 0 radical (unpaired) electrons. The minimum Gasteiger partial charge on any atom is -0.322 e. The summed E-state index contributed by atoms with van der Waals surface area (Å²) in [5.41, 5.74) is 0.278. The molecular weight excluding hydrogens is 319 g/mol. The number of carbonyl (C=O) groups excluding carboxylic acids is 1. The second kappa shape index (κ2) is 5.80. The summed E-state index contributed by atoms with van der Waals surface area (Å²) in [6.07, 6.45) is 0. The predicted molar refractivity (Wildman–Crippen MR) is 77.2 cm³/mol. The van der Waals surface area contributed by atoms with Gasteiger partial charge in [-0.25, -0.2) is 17.9 Å². The Bertz CT molecular complexity index is 792. The van der Waals surface area contributed by atoms with E-state index in [1.165, 1.54) is 24.3 Å². The van der Waals surface area contributed by atoms with Crippen molar-refractivity contribution in [1.82, 2.24) is 0 Å². The zero-order chi connectivity index (χ0) is 15.6. The van der Waals surface area contributed by atoms with Gasteiger partial charge in [0.2, 0.25) is 10.0 Å². The van der Waals surface area contributed by atoms with E-state index in [1.54, 1.807) is 0 Å². The van der Waals surface area contributed by atoms with Gasteiger partial charge in [0.05, 0.1) is 4.90 Å². The number of hydrogen-bond acceptors (Lipinski definition) is 3. The Kier molecular flexibility index (Phi) is 4.26. The number of hydrogen-bond donors (Lipinski definition) is 2. The number of nitrogens with one attached hydrogen (secondary N) is 1. The molecule has 0 saturated heterocycles. The van der Waals surface area contributed by atoms with Crippen LogP contribution in [0.25, 0.3) is 0 Å². The van der Waals surface area contributed by atoms with Crippen molar-refractivity contribution in [2.45, 2.75) is 4.90 Å². The Morgan fingerprint density at radius 3 is 2.33 bits per heavy atom. The van der Waals surface area contributed by atoms with Crippen LogP contribution in [0.15, 0.2) is 47.4 Å². The number of nitrogens with two attached hydrogens (primary N) is 1. The molecule has 0 saturated carbocycles. The first-order valence-corrected chi connectivity index (χ1v) is 7.58. The molecule has 3 N–H and O–H groups in total. The largest absolute Gasteiger partial charge is 0.322 e. The Labute approximate surface area is 125 Å². The summed E-state index contributed by atoms with van der Waals surface area (Å²) < 4.78 is 35.8. The third-order valence-electron chi connectivity index (χ3n) is 2.56. The number of amides is 1. The van der Waals surface area contributed by atoms with Crippen LogP contribution in [0, 0.1) is 5.82 Å². The number of benzene rings is 2. The first-order chi connectivity index (χ1) is 9.75. The number of carbonyl (C=O) groups is 1. The van der Waals surface area contributed by atoms with Gasteiger partial charge in [-0.15, -0.1) is 0 Å². The molecule has 0 bridgehead atoms. The summed E-state index contributed by atoms with van der Waals surface area (Å²) in [5.74, 6) is -1.36. The molecule has 0 heterocycles. The van der Waals surface area contributed by atoms with Gasteiger partial charge in [-0.05, 0) is 42.5 Å². The van der Waals surface area contributed by atoms with E-state index in [0.717, 1.165) is 18.2 Å². The van der Waals surface area contributed by atoms with Gasteiger partial charge in [0.25, 0.3) is 5.91 Å². The maximum atomic E-state index is 13.4. The second-order valence-corrected chi connectivity index (χ2v) is 6.18. The summed E-state index contributed by atoms with van der Waals surface area (Å²) in [4.78, 5) is 11.5. The monoisotopic (exact) mass is 328 g/mol. The van der Waals surface area contributed by atoms with Crippen LogP contribution in [0.4, 0.5) is 10.1 Å². The lowest BCUT2D eigenvalue weighted by Crippen LogP contribution is -2.15. The lowest BCUT2D eigenvalue weighted by atomic mass is 10.2. The van der Waals surface area contributed by atoms with Crippen molar-refractivity contribution in [3.05, 3.63) is 58.9 Å². The molecule has 0 aliphatic rings. The molecule has 0 aromatic heterocycles. The number of primary sulfonamides is 1. The molecule has 0 unspecified atom stereocenters. The smallest absolute Gasteiger partial charge is 0.255 e. The highest BCUT2D eigenvalue weighted by atomic mass is 35.5. The van der Waals surface area contributed by atoms with Gasteiger partial charge in [-0.2, -0.15) is 0 Å². The fraction of sp³-hybridized carbons (Fsp3) is 0. The standard InChI is InChI=1S/C13H10ClFN2O3S/c14-9-3-1-8(2-4-9)13(18)17-11-5-10(15)6-12(7-11)21(16,19)20/h1-7H,(H,17,18)(H2,16,19,20). The lowest BCUT2D eigenvalue weighted by Gasteiger charge is -2.07. The molecule has 0 spiro atoms. The molecule has 2 aromatic rings. The molecule has 21 heavy (non-hydrogen) atoms. The molecule has 110 valence electrons. The molecule has 0 atom stereocenters. The fourth-order valence-electron chi connectivity index (χ4n) is 1.60.